The van der Waals surface area contributed by atoms with Crippen LogP contribution in [0.25, 0.3) is 11.0 Å². The fraction of sp³-hybridized carbons (Fsp3) is 0.429. The SMILES string of the molecule is CC(C)(C)NC(=O)CCC(NC(=O)CCc1ccc(F)cc1)C(=O)NC1(c2nc3cccc(F)c3[nH]2)CC1. The average Bonchev–Trinajstić information content (AvgIpc) is 3.47. The third-order valence-corrected chi connectivity index (χ3v) is 6.41. The predicted octanol–water partition coefficient (Wildman–Crippen LogP) is 3.76. The van der Waals surface area contributed by atoms with Gasteiger partial charge in [0.1, 0.15) is 29.0 Å². The van der Waals surface area contributed by atoms with Gasteiger partial charge in [-0.1, -0.05) is 18.2 Å². The molecule has 10 heteroatoms. The van der Waals surface area contributed by atoms with Crippen molar-refractivity contribution in [3.63, 3.8) is 0 Å². The molecule has 4 rings (SSSR count). The Morgan fingerprint density at radius 3 is 2.37 bits per heavy atom. The molecule has 1 atom stereocenters. The number of nitrogens with zero attached hydrogens (tertiary/aromatic N) is 1. The highest BCUT2D eigenvalue weighted by molar-refractivity contribution is 5.89. The van der Waals surface area contributed by atoms with Gasteiger partial charge in [-0.2, -0.15) is 0 Å². The Balaban J connectivity index is 1.44. The summed E-state index contributed by atoms with van der Waals surface area (Å²) in [5.41, 5.74) is 0.313. The maximum absolute atomic E-state index is 14.2. The minimum atomic E-state index is -0.958. The summed E-state index contributed by atoms with van der Waals surface area (Å²) >= 11 is 0. The number of rotatable bonds is 10. The molecule has 4 N–H and O–H groups in total. The largest absolute Gasteiger partial charge is 0.352 e. The Labute approximate surface area is 220 Å². The molecule has 1 saturated carbocycles. The average molecular weight is 526 g/mol. The van der Waals surface area contributed by atoms with Gasteiger partial charge in [0.15, 0.2) is 0 Å². The van der Waals surface area contributed by atoms with Crippen molar-refractivity contribution >= 4 is 28.8 Å². The Hall–Kier alpha value is -3.82. The number of fused-ring (bicyclic) bond motifs is 1. The quantitative estimate of drug-likeness (QED) is 0.323. The van der Waals surface area contributed by atoms with Crippen molar-refractivity contribution in [1.82, 2.24) is 25.9 Å². The smallest absolute Gasteiger partial charge is 0.243 e. The standard InChI is InChI=1S/C28H33F2N5O3/c1-27(2,3)34-23(37)14-12-21(31-22(36)13-9-17-7-10-18(29)11-8-17)25(38)35-28(15-16-28)26-32-20-6-4-5-19(30)24(20)33-26/h4-8,10-11,21H,9,12-16H2,1-3H3,(H,31,36)(H,32,33)(H,34,37)(H,35,38). The minimum absolute atomic E-state index is 0.0381. The Kier molecular flexibility index (Phi) is 7.80. The number of aromatic nitrogens is 2. The summed E-state index contributed by atoms with van der Waals surface area (Å²) in [4.78, 5) is 46.0. The van der Waals surface area contributed by atoms with E-state index in [-0.39, 0.29) is 42.4 Å². The van der Waals surface area contributed by atoms with Gasteiger partial charge in [0, 0.05) is 18.4 Å². The number of benzene rings is 2. The number of hydrogen-bond acceptors (Lipinski definition) is 4. The van der Waals surface area contributed by atoms with Gasteiger partial charge in [0.25, 0.3) is 0 Å². The van der Waals surface area contributed by atoms with Gasteiger partial charge in [0.2, 0.25) is 17.7 Å². The molecular weight excluding hydrogens is 492 g/mol. The van der Waals surface area contributed by atoms with Crippen molar-refractivity contribution in [3.8, 4) is 0 Å². The van der Waals surface area contributed by atoms with Crippen molar-refractivity contribution in [2.75, 3.05) is 0 Å². The molecule has 1 heterocycles. The monoisotopic (exact) mass is 525 g/mol. The van der Waals surface area contributed by atoms with E-state index in [0.717, 1.165) is 5.56 Å². The molecule has 0 bridgehead atoms. The lowest BCUT2D eigenvalue weighted by Gasteiger charge is -2.24. The lowest BCUT2D eigenvalue weighted by atomic mass is 10.1. The number of hydrogen-bond donors (Lipinski definition) is 4. The maximum Gasteiger partial charge on any atom is 0.243 e. The summed E-state index contributed by atoms with van der Waals surface area (Å²) in [6.45, 7) is 5.58. The van der Waals surface area contributed by atoms with Gasteiger partial charge in [0.05, 0.1) is 11.1 Å². The first kappa shape index (κ1) is 27.2. The molecule has 38 heavy (non-hydrogen) atoms. The van der Waals surface area contributed by atoms with Crippen LogP contribution in [0.2, 0.25) is 0 Å². The number of carbonyl (C=O) groups is 3. The van der Waals surface area contributed by atoms with E-state index in [9.17, 15) is 23.2 Å². The lowest BCUT2D eigenvalue weighted by Crippen LogP contribution is -2.50. The second-order valence-corrected chi connectivity index (χ2v) is 10.9. The number of carbonyl (C=O) groups excluding carboxylic acids is 3. The summed E-state index contributed by atoms with van der Waals surface area (Å²) < 4.78 is 27.3. The van der Waals surface area contributed by atoms with Gasteiger partial charge in [-0.25, -0.2) is 13.8 Å². The normalized spacial score (nSPS) is 15.1. The van der Waals surface area contributed by atoms with Gasteiger partial charge in [-0.05, 0) is 76.3 Å². The predicted molar refractivity (Wildman–Crippen MR) is 139 cm³/mol. The van der Waals surface area contributed by atoms with Crippen LogP contribution in [0, 0.1) is 11.6 Å². The molecule has 0 aliphatic heterocycles. The van der Waals surface area contributed by atoms with E-state index in [0.29, 0.717) is 30.6 Å². The fourth-order valence-corrected chi connectivity index (χ4v) is 4.29. The van der Waals surface area contributed by atoms with Crippen molar-refractivity contribution in [1.29, 1.82) is 0 Å². The fourth-order valence-electron chi connectivity index (χ4n) is 4.29. The third kappa shape index (κ3) is 6.93. The summed E-state index contributed by atoms with van der Waals surface area (Å²) in [6.07, 6.45) is 1.82. The molecule has 1 aromatic heterocycles. The van der Waals surface area contributed by atoms with Crippen molar-refractivity contribution < 1.29 is 23.2 Å². The molecule has 0 saturated heterocycles. The van der Waals surface area contributed by atoms with Gasteiger partial charge in [-0.15, -0.1) is 0 Å². The maximum atomic E-state index is 14.2. The van der Waals surface area contributed by atoms with Crippen LogP contribution < -0.4 is 16.0 Å². The van der Waals surface area contributed by atoms with E-state index >= 15 is 0 Å². The van der Waals surface area contributed by atoms with E-state index in [1.807, 2.05) is 20.8 Å². The highest BCUT2D eigenvalue weighted by Crippen LogP contribution is 2.44. The Bertz CT molecular complexity index is 1330. The van der Waals surface area contributed by atoms with Crippen LogP contribution in [0.15, 0.2) is 42.5 Å². The number of halogens is 2. The van der Waals surface area contributed by atoms with E-state index in [1.54, 1.807) is 24.3 Å². The molecule has 2 aromatic carbocycles. The van der Waals surface area contributed by atoms with E-state index in [4.69, 9.17) is 0 Å². The van der Waals surface area contributed by atoms with Crippen LogP contribution >= 0.6 is 0 Å². The van der Waals surface area contributed by atoms with Crippen LogP contribution in [-0.4, -0.2) is 39.3 Å². The molecule has 0 spiro atoms. The second kappa shape index (κ2) is 10.9. The lowest BCUT2D eigenvalue weighted by molar-refractivity contribution is -0.130. The summed E-state index contributed by atoms with van der Waals surface area (Å²) in [7, 11) is 0. The van der Waals surface area contributed by atoms with Gasteiger partial charge in [-0.3, -0.25) is 14.4 Å². The molecule has 8 nitrogen and oxygen atoms in total. The zero-order chi connectivity index (χ0) is 27.5. The topological polar surface area (TPSA) is 116 Å². The van der Waals surface area contributed by atoms with E-state index < -0.39 is 28.8 Å². The van der Waals surface area contributed by atoms with Crippen LogP contribution in [0.4, 0.5) is 8.78 Å². The van der Waals surface area contributed by atoms with Crippen LogP contribution in [0.1, 0.15) is 64.3 Å². The molecule has 3 aromatic rings. The Morgan fingerprint density at radius 1 is 1.03 bits per heavy atom. The number of aryl methyl sites for hydroxylation is 1. The molecule has 1 aliphatic carbocycles. The van der Waals surface area contributed by atoms with Crippen molar-refractivity contribution in [2.45, 2.75) is 76.4 Å². The molecule has 1 aliphatic rings. The summed E-state index contributed by atoms with van der Waals surface area (Å²) in [5.74, 6) is -1.37. The molecule has 202 valence electrons. The number of aromatic amines is 1. The molecular formula is C28H33F2N5O3. The molecule has 1 fully saturated rings. The van der Waals surface area contributed by atoms with Gasteiger partial charge < -0.3 is 20.9 Å². The number of nitrogens with one attached hydrogen (secondary N) is 4. The van der Waals surface area contributed by atoms with Gasteiger partial charge >= 0.3 is 0 Å². The second-order valence-electron chi connectivity index (χ2n) is 10.9. The van der Waals surface area contributed by atoms with Crippen LogP contribution in [0.3, 0.4) is 0 Å². The minimum Gasteiger partial charge on any atom is -0.352 e. The van der Waals surface area contributed by atoms with E-state index in [1.165, 1.54) is 18.2 Å². The van der Waals surface area contributed by atoms with Crippen molar-refractivity contribution in [3.05, 3.63) is 65.5 Å². The van der Waals surface area contributed by atoms with Crippen LogP contribution in [0.5, 0.6) is 0 Å². The highest BCUT2D eigenvalue weighted by atomic mass is 19.1. The number of para-hydroxylation sites is 1. The van der Waals surface area contributed by atoms with Crippen LogP contribution in [-0.2, 0) is 26.3 Å². The number of H-pyrrole nitrogens is 1. The Morgan fingerprint density at radius 2 is 1.74 bits per heavy atom. The molecule has 3 amide bonds. The first-order valence-corrected chi connectivity index (χ1v) is 12.8. The zero-order valence-corrected chi connectivity index (χ0v) is 21.8. The highest BCUT2D eigenvalue weighted by Gasteiger charge is 2.49. The first-order chi connectivity index (χ1) is 17.9. The number of imidazole rings is 1. The van der Waals surface area contributed by atoms with Crippen molar-refractivity contribution in [2.24, 2.45) is 0 Å². The summed E-state index contributed by atoms with van der Waals surface area (Å²) in [5, 5.41) is 8.60. The molecule has 1 unspecified atom stereocenters. The number of amides is 3. The first-order valence-electron chi connectivity index (χ1n) is 12.8. The summed E-state index contributed by atoms with van der Waals surface area (Å²) in [6, 6.07) is 9.51. The van der Waals surface area contributed by atoms with E-state index in [2.05, 4.69) is 25.9 Å². The molecule has 0 radical (unpaired) electrons. The zero-order valence-electron chi connectivity index (χ0n) is 21.8. The third-order valence-electron chi connectivity index (χ3n) is 6.41.